The third-order valence-electron chi connectivity index (χ3n) is 3.35. The van der Waals surface area contributed by atoms with Crippen LogP contribution in [0.3, 0.4) is 0 Å². The highest BCUT2D eigenvalue weighted by Crippen LogP contribution is 2.22. The van der Waals surface area contributed by atoms with Crippen molar-refractivity contribution in [2.75, 3.05) is 6.54 Å². The van der Waals surface area contributed by atoms with Crippen molar-refractivity contribution in [1.29, 1.82) is 0 Å². The van der Waals surface area contributed by atoms with E-state index in [4.69, 9.17) is 15.0 Å². The molecule has 0 spiro atoms. The van der Waals surface area contributed by atoms with E-state index in [0.717, 1.165) is 28.3 Å². The molecule has 112 valence electrons. The van der Waals surface area contributed by atoms with Gasteiger partial charge in [0.2, 0.25) is 0 Å². The second kappa shape index (κ2) is 6.91. The monoisotopic (exact) mass is 294 g/mol. The van der Waals surface area contributed by atoms with Gasteiger partial charge in [-0.2, -0.15) is 0 Å². The number of benzene rings is 2. The van der Waals surface area contributed by atoms with E-state index in [1.807, 2.05) is 60.7 Å². The van der Waals surface area contributed by atoms with Crippen LogP contribution in [0.4, 0.5) is 0 Å². The van der Waals surface area contributed by atoms with Gasteiger partial charge in [-0.15, -0.1) is 0 Å². The number of nitrogens with two attached hydrogens (primary N) is 1. The van der Waals surface area contributed by atoms with Gasteiger partial charge in [0.05, 0.1) is 0 Å². The van der Waals surface area contributed by atoms with Crippen LogP contribution in [0, 0.1) is 0 Å². The number of nitrogens with zero attached hydrogens (tertiary/aromatic N) is 1. The maximum atomic E-state index is 5.77. The van der Waals surface area contributed by atoms with Gasteiger partial charge < -0.3 is 15.0 Å². The molecule has 4 nitrogen and oxygen atoms in total. The lowest BCUT2D eigenvalue weighted by atomic mass is 10.1. The topological polar surface area (TPSA) is 61.3 Å². The molecule has 0 saturated heterocycles. The van der Waals surface area contributed by atoms with Crippen molar-refractivity contribution in [1.82, 2.24) is 5.16 Å². The van der Waals surface area contributed by atoms with E-state index in [2.05, 4.69) is 5.16 Å². The second-order valence-electron chi connectivity index (χ2n) is 5.02. The fraction of sp³-hybridized carbons (Fsp3) is 0.167. The average Bonchev–Trinajstić information content (AvgIpc) is 3.03. The van der Waals surface area contributed by atoms with Gasteiger partial charge in [-0.25, -0.2) is 0 Å². The van der Waals surface area contributed by atoms with Crippen LogP contribution in [-0.4, -0.2) is 11.7 Å². The maximum Gasteiger partial charge on any atom is 0.138 e. The lowest BCUT2D eigenvalue weighted by Gasteiger charge is -2.06. The van der Waals surface area contributed by atoms with Crippen LogP contribution >= 0.6 is 0 Å². The lowest BCUT2D eigenvalue weighted by molar-refractivity contribution is 0.306. The molecule has 22 heavy (non-hydrogen) atoms. The standard InChI is InChI=1S/C18H18N2O2/c19-11-10-17-12-18(20-22-17)15-6-8-16(9-7-15)21-13-14-4-2-1-3-5-14/h1-9,12H,10-11,13,19H2. The summed E-state index contributed by atoms with van der Waals surface area (Å²) in [5.41, 5.74) is 8.47. The van der Waals surface area contributed by atoms with Crippen molar-refractivity contribution in [3.63, 3.8) is 0 Å². The molecule has 2 aromatic carbocycles. The van der Waals surface area contributed by atoms with Crippen LogP contribution in [0.5, 0.6) is 5.75 Å². The number of ether oxygens (including phenoxy) is 1. The van der Waals surface area contributed by atoms with Crippen molar-refractivity contribution < 1.29 is 9.26 Å². The molecule has 0 radical (unpaired) electrons. The van der Waals surface area contributed by atoms with Gasteiger partial charge in [0.1, 0.15) is 23.8 Å². The van der Waals surface area contributed by atoms with Crippen LogP contribution in [0.15, 0.2) is 65.2 Å². The SMILES string of the molecule is NCCc1cc(-c2ccc(OCc3ccccc3)cc2)no1. The summed E-state index contributed by atoms with van der Waals surface area (Å²) in [4.78, 5) is 0. The molecule has 3 rings (SSSR count). The molecule has 2 N–H and O–H groups in total. The van der Waals surface area contributed by atoms with Crippen LogP contribution in [0.2, 0.25) is 0 Å². The van der Waals surface area contributed by atoms with E-state index < -0.39 is 0 Å². The number of rotatable bonds is 6. The summed E-state index contributed by atoms with van der Waals surface area (Å²) < 4.78 is 11.0. The van der Waals surface area contributed by atoms with E-state index in [1.54, 1.807) is 0 Å². The quantitative estimate of drug-likeness (QED) is 0.756. The molecule has 1 aromatic heterocycles. The summed E-state index contributed by atoms with van der Waals surface area (Å²) >= 11 is 0. The fourth-order valence-corrected chi connectivity index (χ4v) is 2.17. The first-order chi connectivity index (χ1) is 10.8. The minimum Gasteiger partial charge on any atom is -0.489 e. The largest absolute Gasteiger partial charge is 0.489 e. The summed E-state index contributed by atoms with van der Waals surface area (Å²) in [6.07, 6.45) is 0.700. The highest BCUT2D eigenvalue weighted by atomic mass is 16.5. The van der Waals surface area contributed by atoms with E-state index in [9.17, 15) is 0 Å². The van der Waals surface area contributed by atoms with E-state index in [1.165, 1.54) is 0 Å². The van der Waals surface area contributed by atoms with Crippen molar-refractivity contribution in [3.8, 4) is 17.0 Å². The Balaban J connectivity index is 1.64. The second-order valence-corrected chi connectivity index (χ2v) is 5.02. The van der Waals surface area contributed by atoms with Gasteiger partial charge in [-0.05, 0) is 36.4 Å². The predicted octanol–water partition coefficient (Wildman–Crippen LogP) is 3.42. The molecular weight excluding hydrogens is 276 g/mol. The fourth-order valence-electron chi connectivity index (χ4n) is 2.17. The molecule has 0 aliphatic carbocycles. The molecule has 0 aliphatic rings. The first-order valence-corrected chi connectivity index (χ1v) is 7.28. The first kappa shape index (κ1) is 14.4. The maximum absolute atomic E-state index is 5.77. The number of hydrogen-bond donors (Lipinski definition) is 1. The van der Waals surface area contributed by atoms with E-state index >= 15 is 0 Å². The summed E-state index contributed by atoms with van der Waals surface area (Å²) in [7, 11) is 0. The van der Waals surface area contributed by atoms with Gasteiger partial charge in [-0.3, -0.25) is 0 Å². The van der Waals surface area contributed by atoms with Gasteiger partial charge in [0, 0.05) is 18.1 Å². The molecule has 0 aliphatic heterocycles. The first-order valence-electron chi connectivity index (χ1n) is 7.28. The molecule has 1 heterocycles. The van der Waals surface area contributed by atoms with Crippen LogP contribution in [-0.2, 0) is 13.0 Å². The Hall–Kier alpha value is -2.59. The lowest BCUT2D eigenvalue weighted by Crippen LogP contribution is -2.01. The minimum atomic E-state index is 0.556. The van der Waals surface area contributed by atoms with Gasteiger partial charge in [0.15, 0.2) is 0 Å². The van der Waals surface area contributed by atoms with E-state index in [-0.39, 0.29) is 0 Å². The Kier molecular flexibility index (Phi) is 4.51. The zero-order valence-corrected chi connectivity index (χ0v) is 12.2. The third-order valence-corrected chi connectivity index (χ3v) is 3.35. The number of aromatic nitrogens is 1. The molecule has 0 unspecified atom stereocenters. The number of hydrogen-bond acceptors (Lipinski definition) is 4. The Labute approximate surface area is 129 Å². The van der Waals surface area contributed by atoms with Crippen molar-refractivity contribution in [2.24, 2.45) is 5.73 Å². The Bertz CT molecular complexity index is 705. The summed E-state index contributed by atoms with van der Waals surface area (Å²) in [5, 5.41) is 4.06. The van der Waals surface area contributed by atoms with Gasteiger partial charge in [0.25, 0.3) is 0 Å². The average molecular weight is 294 g/mol. The Morgan fingerprint density at radius 1 is 1.00 bits per heavy atom. The van der Waals surface area contributed by atoms with Crippen LogP contribution in [0.25, 0.3) is 11.3 Å². The molecule has 3 aromatic rings. The highest BCUT2D eigenvalue weighted by molar-refractivity contribution is 5.59. The summed E-state index contributed by atoms with van der Waals surface area (Å²) in [5.74, 6) is 1.64. The molecule has 4 heteroatoms. The van der Waals surface area contributed by atoms with Crippen molar-refractivity contribution in [2.45, 2.75) is 13.0 Å². The van der Waals surface area contributed by atoms with Gasteiger partial charge in [-0.1, -0.05) is 35.5 Å². The normalized spacial score (nSPS) is 10.6. The Morgan fingerprint density at radius 3 is 2.50 bits per heavy atom. The summed E-state index contributed by atoms with van der Waals surface area (Å²) in [6, 6.07) is 19.9. The van der Waals surface area contributed by atoms with Crippen LogP contribution in [0.1, 0.15) is 11.3 Å². The predicted molar refractivity (Wildman–Crippen MR) is 85.5 cm³/mol. The summed E-state index contributed by atoms with van der Waals surface area (Å²) in [6.45, 7) is 1.12. The smallest absolute Gasteiger partial charge is 0.138 e. The molecule has 0 fully saturated rings. The zero-order valence-electron chi connectivity index (χ0n) is 12.2. The zero-order chi connectivity index (χ0) is 15.2. The highest BCUT2D eigenvalue weighted by Gasteiger charge is 2.06. The minimum absolute atomic E-state index is 0.556. The third kappa shape index (κ3) is 3.54. The molecule has 0 amide bonds. The van der Waals surface area contributed by atoms with E-state index in [0.29, 0.717) is 19.6 Å². The Morgan fingerprint density at radius 2 is 1.77 bits per heavy atom. The van der Waals surface area contributed by atoms with Crippen molar-refractivity contribution in [3.05, 3.63) is 72.0 Å². The molecule has 0 atom stereocenters. The molecule has 0 bridgehead atoms. The van der Waals surface area contributed by atoms with Gasteiger partial charge >= 0.3 is 0 Å². The van der Waals surface area contributed by atoms with Crippen molar-refractivity contribution >= 4 is 0 Å². The molecule has 0 saturated carbocycles. The van der Waals surface area contributed by atoms with Crippen LogP contribution < -0.4 is 10.5 Å². The molecular formula is C18H18N2O2.